The fourth-order valence-corrected chi connectivity index (χ4v) is 4.77. The Hall–Kier alpha value is -3.36. The van der Waals surface area contributed by atoms with Gasteiger partial charge in [-0.2, -0.15) is 0 Å². The smallest absolute Gasteiger partial charge is 0.322 e. The van der Waals surface area contributed by atoms with Crippen molar-refractivity contribution in [3.8, 4) is 5.75 Å². The van der Waals surface area contributed by atoms with Crippen LogP contribution in [0, 0.1) is 0 Å². The molecule has 184 valence electrons. The van der Waals surface area contributed by atoms with Gasteiger partial charge in [-0.25, -0.2) is 4.79 Å². The average Bonchev–Trinajstić information content (AvgIpc) is 3.58. The van der Waals surface area contributed by atoms with Crippen molar-refractivity contribution < 1.29 is 19.1 Å². The summed E-state index contributed by atoms with van der Waals surface area (Å²) < 4.78 is 11.0. The number of nitrogens with one attached hydrogen (secondary N) is 1. The first kappa shape index (κ1) is 24.8. The van der Waals surface area contributed by atoms with Gasteiger partial charge in [-0.3, -0.25) is 4.79 Å². The number of urea groups is 1. The predicted octanol–water partition coefficient (Wildman–Crippen LogP) is 5.00. The van der Waals surface area contributed by atoms with Crippen LogP contribution in [0.5, 0.6) is 5.75 Å². The normalized spacial score (nSPS) is 14.9. The molecule has 1 N–H and O–H groups in total. The Morgan fingerprint density at radius 2 is 1.91 bits per heavy atom. The minimum absolute atomic E-state index is 0.0339. The van der Waals surface area contributed by atoms with Crippen molar-refractivity contribution in [2.75, 3.05) is 32.1 Å². The largest absolute Gasteiger partial charge is 0.497 e. The van der Waals surface area contributed by atoms with E-state index >= 15 is 0 Å². The third kappa shape index (κ3) is 7.31. The maximum absolute atomic E-state index is 13.6. The number of nitrogens with zero attached hydrogens (tertiary/aromatic N) is 2. The molecular weight excluding hydrogens is 462 g/mol. The molecule has 1 fully saturated rings. The minimum atomic E-state index is -0.335. The molecule has 1 unspecified atom stereocenters. The zero-order valence-corrected chi connectivity index (χ0v) is 20.7. The van der Waals surface area contributed by atoms with Crippen LogP contribution in [0.1, 0.15) is 23.3 Å². The van der Waals surface area contributed by atoms with E-state index in [4.69, 9.17) is 9.47 Å². The first-order valence-corrected chi connectivity index (χ1v) is 12.6. The Morgan fingerprint density at radius 1 is 1.06 bits per heavy atom. The van der Waals surface area contributed by atoms with Gasteiger partial charge in [0.15, 0.2) is 0 Å². The van der Waals surface area contributed by atoms with Crippen molar-refractivity contribution in [2.45, 2.75) is 32.0 Å². The minimum Gasteiger partial charge on any atom is -0.497 e. The zero-order chi connectivity index (χ0) is 24.5. The molecule has 1 aromatic heterocycles. The SMILES string of the molecule is COc1cccc(NC(=O)N(CC(=O)N(Cc2ccccc2)Cc2cccs2)CC2CCCO2)c1. The summed E-state index contributed by atoms with van der Waals surface area (Å²) in [7, 11) is 1.58. The van der Waals surface area contributed by atoms with Gasteiger partial charge in [0.1, 0.15) is 12.3 Å². The van der Waals surface area contributed by atoms with Crippen molar-refractivity contribution in [1.29, 1.82) is 0 Å². The highest BCUT2D eigenvalue weighted by Gasteiger charge is 2.27. The van der Waals surface area contributed by atoms with E-state index in [9.17, 15) is 9.59 Å². The monoisotopic (exact) mass is 493 g/mol. The van der Waals surface area contributed by atoms with Crippen molar-refractivity contribution in [1.82, 2.24) is 9.80 Å². The molecule has 0 saturated carbocycles. The lowest BCUT2D eigenvalue weighted by molar-refractivity contribution is -0.133. The zero-order valence-electron chi connectivity index (χ0n) is 19.9. The van der Waals surface area contributed by atoms with Crippen molar-refractivity contribution in [2.24, 2.45) is 0 Å². The number of carbonyl (C=O) groups excluding carboxylic acids is 2. The maximum Gasteiger partial charge on any atom is 0.322 e. The van der Waals surface area contributed by atoms with Gasteiger partial charge in [-0.15, -0.1) is 11.3 Å². The number of anilines is 1. The molecule has 1 saturated heterocycles. The summed E-state index contributed by atoms with van der Waals surface area (Å²) in [6.45, 7) is 1.98. The lowest BCUT2D eigenvalue weighted by Gasteiger charge is -2.29. The predicted molar refractivity (Wildman–Crippen MR) is 138 cm³/mol. The Bertz CT molecular complexity index is 1080. The van der Waals surface area contributed by atoms with E-state index in [1.165, 1.54) is 0 Å². The lowest BCUT2D eigenvalue weighted by Crippen LogP contribution is -2.46. The van der Waals surface area contributed by atoms with Crippen LogP contribution in [0.15, 0.2) is 72.1 Å². The summed E-state index contributed by atoms with van der Waals surface area (Å²) >= 11 is 1.62. The lowest BCUT2D eigenvalue weighted by atomic mass is 10.2. The summed E-state index contributed by atoms with van der Waals surface area (Å²) in [5.41, 5.74) is 1.66. The van der Waals surface area contributed by atoms with Gasteiger partial charge in [-0.05, 0) is 42.0 Å². The van der Waals surface area contributed by atoms with Crippen molar-refractivity contribution in [3.63, 3.8) is 0 Å². The molecule has 1 aliphatic rings. The molecule has 35 heavy (non-hydrogen) atoms. The number of thiophene rings is 1. The molecule has 0 spiro atoms. The summed E-state index contributed by atoms with van der Waals surface area (Å²) in [6, 6.07) is 20.8. The molecule has 2 aromatic carbocycles. The van der Waals surface area contributed by atoms with E-state index in [-0.39, 0.29) is 24.6 Å². The molecule has 2 heterocycles. The second kappa shape index (κ2) is 12.4. The Kier molecular flexibility index (Phi) is 8.75. The van der Waals surface area contributed by atoms with Gasteiger partial charge in [0.05, 0.1) is 19.8 Å². The van der Waals surface area contributed by atoms with Crippen LogP contribution in [0.25, 0.3) is 0 Å². The molecule has 0 bridgehead atoms. The number of benzene rings is 2. The van der Waals surface area contributed by atoms with Gasteiger partial charge < -0.3 is 24.6 Å². The van der Waals surface area contributed by atoms with E-state index in [1.54, 1.807) is 35.5 Å². The van der Waals surface area contributed by atoms with Crippen molar-refractivity contribution in [3.05, 3.63) is 82.6 Å². The average molecular weight is 494 g/mol. The summed E-state index contributed by atoms with van der Waals surface area (Å²) in [5, 5.41) is 4.92. The molecule has 3 aromatic rings. The van der Waals surface area contributed by atoms with Gasteiger partial charge >= 0.3 is 6.03 Å². The molecule has 1 atom stereocenters. The first-order valence-electron chi connectivity index (χ1n) is 11.8. The van der Waals surface area contributed by atoms with Crippen LogP contribution in [-0.2, 0) is 22.6 Å². The highest BCUT2D eigenvalue weighted by Crippen LogP contribution is 2.20. The van der Waals surface area contributed by atoms with Gasteiger partial charge in [0.25, 0.3) is 0 Å². The fourth-order valence-electron chi connectivity index (χ4n) is 4.05. The van der Waals surface area contributed by atoms with Crippen LogP contribution in [-0.4, -0.2) is 54.6 Å². The molecule has 1 aliphatic heterocycles. The number of hydrogen-bond acceptors (Lipinski definition) is 5. The van der Waals surface area contributed by atoms with Gasteiger partial charge in [0, 0.05) is 36.3 Å². The van der Waals surface area contributed by atoms with E-state index in [0.29, 0.717) is 37.7 Å². The standard InChI is InChI=1S/C27H31N3O4S/c1-33-23-11-5-10-22(16-23)28-27(32)30(18-24-12-6-14-34-24)20-26(31)29(19-25-13-7-15-35-25)17-21-8-3-2-4-9-21/h2-5,7-11,13,15-16,24H,6,12,14,17-20H2,1H3,(H,28,32). The summed E-state index contributed by atoms with van der Waals surface area (Å²) in [4.78, 5) is 31.3. The molecule has 4 rings (SSSR count). The van der Waals surface area contributed by atoms with E-state index in [1.807, 2.05) is 64.9 Å². The number of ether oxygens (including phenoxy) is 2. The van der Waals surface area contributed by atoms with E-state index < -0.39 is 0 Å². The van der Waals surface area contributed by atoms with Crippen LogP contribution in [0.3, 0.4) is 0 Å². The Morgan fingerprint density at radius 3 is 2.63 bits per heavy atom. The molecule has 8 heteroatoms. The fraction of sp³-hybridized carbons (Fsp3) is 0.333. The topological polar surface area (TPSA) is 71.1 Å². The number of hydrogen-bond donors (Lipinski definition) is 1. The highest BCUT2D eigenvalue weighted by molar-refractivity contribution is 7.09. The van der Waals surface area contributed by atoms with Crippen LogP contribution < -0.4 is 10.1 Å². The van der Waals surface area contributed by atoms with Crippen LogP contribution >= 0.6 is 11.3 Å². The molecule has 3 amide bonds. The Balaban J connectivity index is 1.50. The summed E-state index contributed by atoms with van der Waals surface area (Å²) in [5.74, 6) is 0.538. The van der Waals surface area contributed by atoms with Gasteiger partial charge in [-0.1, -0.05) is 42.5 Å². The third-order valence-electron chi connectivity index (χ3n) is 5.88. The number of methoxy groups -OCH3 is 1. The third-order valence-corrected chi connectivity index (χ3v) is 6.74. The van der Waals surface area contributed by atoms with E-state index in [0.717, 1.165) is 23.3 Å². The number of amides is 3. The molecule has 7 nitrogen and oxygen atoms in total. The molecular formula is C27H31N3O4S. The summed E-state index contributed by atoms with van der Waals surface area (Å²) in [6.07, 6.45) is 1.77. The molecule has 0 aliphatic carbocycles. The molecule has 0 radical (unpaired) electrons. The highest BCUT2D eigenvalue weighted by atomic mass is 32.1. The maximum atomic E-state index is 13.6. The van der Waals surface area contributed by atoms with E-state index in [2.05, 4.69) is 5.32 Å². The van der Waals surface area contributed by atoms with Crippen LogP contribution in [0.4, 0.5) is 10.5 Å². The van der Waals surface area contributed by atoms with Gasteiger partial charge in [0.2, 0.25) is 5.91 Å². The first-order chi connectivity index (χ1) is 17.1. The Labute approximate surface area is 210 Å². The van der Waals surface area contributed by atoms with Crippen LogP contribution in [0.2, 0.25) is 0 Å². The second-order valence-corrected chi connectivity index (χ2v) is 9.52. The second-order valence-electron chi connectivity index (χ2n) is 8.49. The number of carbonyl (C=O) groups is 2. The number of rotatable bonds is 10. The quantitative estimate of drug-likeness (QED) is 0.432. The van der Waals surface area contributed by atoms with Crippen molar-refractivity contribution >= 4 is 29.0 Å².